The van der Waals surface area contributed by atoms with Crippen molar-refractivity contribution >= 4 is 21.8 Å². The van der Waals surface area contributed by atoms with E-state index in [-0.39, 0.29) is 17.8 Å². The molecule has 1 N–H and O–H groups in total. The highest BCUT2D eigenvalue weighted by molar-refractivity contribution is 9.10. The van der Waals surface area contributed by atoms with Gasteiger partial charge >= 0.3 is 0 Å². The molecule has 0 bridgehead atoms. The van der Waals surface area contributed by atoms with Gasteiger partial charge in [0.1, 0.15) is 11.9 Å². The summed E-state index contributed by atoms with van der Waals surface area (Å²) in [5, 5.41) is 3.24. The molecule has 1 heterocycles. The Bertz CT molecular complexity index is 475. The summed E-state index contributed by atoms with van der Waals surface area (Å²) in [7, 11) is 3.52. The van der Waals surface area contributed by atoms with Crippen LogP contribution in [0.3, 0.4) is 0 Å². The van der Waals surface area contributed by atoms with Crippen LogP contribution in [0.15, 0.2) is 22.7 Å². The van der Waals surface area contributed by atoms with Gasteiger partial charge in [-0.1, -0.05) is 15.9 Å². The molecule has 2 rings (SSSR count). The highest BCUT2D eigenvalue weighted by Gasteiger charge is 2.29. The molecule has 4 nitrogen and oxygen atoms in total. The number of hydrogen-bond donors (Lipinski definition) is 1. The largest absolute Gasteiger partial charge is 0.347 e. The maximum absolute atomic E-state index is 13.4. The molecule has 0 saturated carbocycles. The lowest BCUT2D eigenvalue weighted by molar-refractivity contribution is -0.135. The Kier molecular flexibility index (Phi) is 5.12. The molecule has 1 aliphatic heterocycles. The van der Waals surface area contributed by atoms with Gasteiger partial charge in [-0.3, -0.25) is 9.69 Å². The minimum Gasteiger partial charge on any atom is -0.347 e. The molecule has 1 aromatic rings. The Morgan fingerprint density at radius 1 is 1.50 bits per heavy atom. The van der Waals surface area contributed by atoms with Crippen LogP contribution in [0.2, 0.25) is 0 Å². The fourth-order valence-corrected chi connectivity index (χ4v) is 2.93. The Morgan fingerprint density at radius 3 is 2.90 bits per heavy atom. The lowest BCUT2D eigenvalue weighted by Gasteiger charge is -2.36. The number of nitrogens with zero attached hydrogens (tertiary/aromatic N) is 2. The van der Waals surface area contributed by atoms with E-state index in [2.05, 4.69) is 26.1 Å². The van der Waals surface area contributed by atoms with E-state index in [1.54, 1.807) is 19.0 Å². The summed E-state index contributed by atoms with van der Waals surface area (Å²) in [6.45, 7) is 2.82. The third-order valence-electron chi connectivity index (χ3n) is 3.39. The van der Waals surface area contributed by atoms with Gasteiger partial charge in [-0.15, -0.1) is 0 Å². The molecule has 0 spiro atoms. The van der Waals surface area contributed by atoms with Crippen molar-refractivity contribution in [3.63, 3.8) is 0 Å². The van der Waals surface area contributed by atoms with E-state index >= 15 is 0 Å². The molecule has 20 heavy (non-hydrogen) atoms. The third kappa shape index (κ3) is 3.77. The average Bonchev–Trinajstić information content (AvgIpc) is 2.37. The van der Waals surface area contributed by atoms with Crippen LogP contribution in [-0.2, 0) is 11.3 Å². The molecular formula is C14H19BrFN3O. The Balaban J connectivity index is 2.14. The quantitative estimate of drug-likeness (QED) is 0.902. The second-order valence-electron chi connectivity index (χ2n) is 5.20. The molecule has 110 valence electrons. The maximum atomic E-state index is 13.4. The zero-order valence-corrected chi connectivity index (χ0v) is 13.3. The molecule has 1 fully saturated rings. The van der Waals surface area contributed by atoms with E-state index in [0.717, 1.165) is 23.1 Å². The van der Waals surface area contributed by atoms with Crippen LogP contribution in [0.5, 0.6) is 0 Å². The first kappa shape index (κ1) is 15.4. The third-order valence-corrected chi connectivity index (χ3v) is 3.85. The van der Waals surface area contributed by atoms with Gasteiger partial charge in [0.15, 0.2) is 0 Å². The van der Waals surface area contributed by atoms with Crippen molar-refractivity contribution in [3.05, 3.63) is 34.1 Å². The lowest BCUT2D eigenvalue weighted by Crippen LogP contribution is -2.57. The molecule has 1 unspecified atom stereocenters. The predicted molar refractivity (Wildman–Crippen MR) is 79.9 cm³/mol. The molecule has 0 aromatic heterocycles. The SMILES string of the molecule is CN(C)C(=O)C1CNCCN1Cc1cc(F)cc(Br)c1. The number of likely N-dealkylation sites (N-methyl/N-ethyl adjacent to an activating group) is 1. The van der Waals surface area contributed by atoms with Crippen LogP contribution in [0, 0.1) is 5.82 Å². The van der Waals surface area contributed by atoms with E-state index in [4.69, 9.17) is 0 Å². The molecule has 1 saturated heterocycles. The summed E-state index contributed by atoms with van der Waals surface area (Å²) in [6, 6.07) is 4.65. The molecule has 1 aliphatic rings. The van der Waals surface area contributed by atoms with Gasteiger partial charge in [0.25, 0.3) is 0 Å². The smallest absolute Gasteiger partial charge is 0.240 e. The number of halogens is 2. The number of piperazine rings is 1. The van der Waals surface area contributed by atoms with Gasteiger partial charge in [0.2, 0.25) is 5.91 Å². The standard InChI is InChI=1S/C14H19BrFN3O/c1-18(2)14(20)13-8-17-3-4-19(13)9-10-5-11(15)7-12(16)6-10/h5-7,13,17H,3-4,8-9H2,1-2H3. The topological polar surface area (TPSA) is 35.6 Å². The minimum absolute atomic E-state index is 0.0765. The van der Waals surface area contributed by atoms with E-state index < -0.39 is 0 Å². The molecule has 6 heteroatoms. The van der Waals surface area contributed by atoms with Crippen molar-refractivity contribution in [2.24, 2.45) is 0 Å². The highest BCUT2D eigenvalue weighted by atomic mass is 79.9. The summed E-state index contributed by atoms with van der Waals surface area (Å²) in [5.41, 5.74) is 0.871. The monoisotopic (exact) mass is 343 g/mol. The first-order chi connectivity index (χ1) is 9.47. The number of carbonyl (C=O) groups excluding carboxylic acids is 1. The highest BCUT2D eigenvalue weighted by Crippen LogP contribution is 2.18. The first-order valence-electron chi connectivity index (χ1n) is 6.58. The summed E-state index contributed by atoms with van der Waals surface area (Å²) in [5.74, 6) is -0.187. The summed E-state index contributed by atoms with van der Waals surface area (Å²) < 4.78 is 14.2. The number of rotatable bonds is 3. The number of amides is 1. The van der Waals surface area contributed by atoms with Crippen molar-refractivity contribution in [1.82, 2.24) is 15.1 Å². The van der Waals surface area contributed by atoms with Crippen LogP contribution in [0.1, 0.15) is 5.56 Å². The van der Waals surface area contributed by atoms with Crippen molar-refractivity contribution in [3.8, 4) is 0 Å². The summed E-state index contributed by atoms with van der Waals surface area (Å²) >= 11 is 3.30. The van der Waals surface area contributed by atoms with Gasteiger partial charge in [-0.2, -0.15) is 0 Å². The summed E-state index contributed by atoms with van der Waals surface area (Å²) in [4.78, 5) is 15.9. The molecule has 0 aliphatic carbocycles. The van der Waals surface area contributed by atoms with Crippen molar-refractivity contribution in [2.45, 2.75) is 12.6 Å². The normalized spacial score (nSPS) is 19.9. The fourth-order valence-electron chi connectivity index (χ4n) is 2.41. The van der Waals surface area contributed by atoms with Crippen molar-refractivity contribution in [1.29, 1.82) is 0 Å². The van der Waals surface area contributed by atoms with Gasteiger partial charge in [-0.05, 0) is 23.8 Å². The van der Waals surface area contributed by atoms with E-state index in [0.29, 0.717) is 13.1 Å². The number of carbonyl (C=O) groups is 1. The zero-order chi connectivity index (χ0) is 14.7. The molecule has 0 radical (unpaired) electrons. The van der Waals surface area contributed by atoms with Crippen molar-refractivity contribution in [2.75, 3.05) is 33.7 Å². The Labute approximate surface area is 127 Å². The Morgan fingerprint density at radius 2 is 2.25 bits per heavy atom. The number of hydrogen-bond acceptors (Lipinski definition) is 3. The number of benzene rings is 1. The van der Waals surface area contributed by atoms with Crippen LogP contribution in [0.25, 0.3) is 0 Å². The predicted octanol–water partition coefficient (Wildman–Crippen LogP) is 1.45. The molecule has 1 aromatic carbocycles. The average molecular weight is 344 g/mol. The zero-order valence-electron chi connectivity index (χ0n) is 11.7. The summed E-state index contributed by atoms with van der Waals surface area (Å²) in [6.07, 6.45) is 0. The van der Waals surface area contributed by atoms with Crippen molar-refractivity contribution < 1.29 is 9.18 Å². The molecule has 1 atom stereocenters. The Hall–Kier alpha value is -0.980. The van der Waals surface area contributed by atoms with Gasteiger partial charge in [-0.25, -0.2) is 4.39 Å². The second-order valence-corrected chi connectivity index (χ2v) is 6.12. The number of nitrogens with one attached hydrogen (secondary N) is 1. The van der Waals surface area contributed by atoms with Gasteiger partial charge in [0.05, 0.1) is 0 Å². The van der Waals surface area contributed by atoms with Crippen LogP contribution >= 0.6 is 15.9 Å². The maximum Gasteiger partial charge on any atom is 0.240 e. The van der Waals surface area contributed by atoms with E-state index in [9.17, 15) is 9.18 Å². The lowest BCUT2D eigenvalue weighted by atomic mass is 10.1. The second kappa shape index (κ2) is 6.65. The molecule has 1 amide bonds. The van der Waals surface area contributed by atoms with Crippen LogP contribution < -0.4 is 5.32 Å². The molecular weight excluding hydrogens is 325 g/mol. The van der Waals surface area contributed by atoms with Gasteiger partial charge < -0.3 is 10.2 Å². The van der Waals surface area contributed by atoms with E-state index in [1.807, 2.05) is 6.07 Å². The van der Waals surface area contributed by atoms with Gasteiger partial charge in [0, 0.05) is 44.7 Å². The van der Waals surface area contributed by atoms with Crippen LogP contribution in [0.4, 0.5) is 4.39 Å². The minimum atomic E-state index is -0.264. The van der Waals surface area contributed by atoms with Crippen LogP contribution in [-0.4, -0.2) is 55.5 Å². The fraction of sp³-hybridized carbons (Fsp3) is 0.500. The first-order valence-corrected chi connectivity index (χ1v) is 7.37. The van der Waals surface area contributed by atoms with E-state index in [1.165, 1.54) is 12.1 Å².